The molecule has 3 heterocycles. The Morgan fingerprint density at radius 3 is 2.71 bits per heavy atom. The average molecular weight is 379 g/mol. The summed E-state index contributed by atoms with van der Waals surface area (Å²) >= 11 is 0. The van der Waals surface area contributed by atoms with Crippen LogP contribution < -0.4 is 10.5 Å². The number of nitrogens with zero attached hydrogens (tertiary/aromatic N) is 4. The van der Waals surface area contributed by atoms with Crippen molar-refractivity contribution in [3.05, 3.63) is 51.6 Å². The maximum Gasteiger partial charge on any atom is 0.258 e. The van der Waals surface area contributed by atoms with Gasteiger partial charge in [0.25, 0.3) is 5.56 Å². The molecule has 2 aromatic heterocycles. The summed E-state index contributed by atoms with van der Waals surface area (Å²) in [4.78, 5) is 17.6. The highest BCUT2D eigenvalue weighted by atomic mass is 16.1. The molecule has 2 N–H and O–H groups in total. The summed E-state index contributed by atoms with van der Waals surface area (Å²) in [5, 5.41) is 13.9. The highest BCUT2D eigenvalue weighted by Gasteiger charge is 2.37. The van der Waals surface area contributed by atoms with Crippen molar-refractivity contribution >= 4 is 10.9 Å². The van der Waals surface area contributed by atoms with Gasteiger partial charge in [-0.15, -0.1) is 5.10 Å². The first-order valence-corrected chi connectivity index (χ1v) is 10.5. The van der Waals surface area contributed by atoms with E-state index >= 15 is 0 Å². The molecule has 1 saturated carbocycles. The predicted molar refractivity (Wildman–Crippen MR) is 106 cm³/mol. The number of hydrogen-bond acceptors (Lipinski definition) is 4. The third-order valence-corrected chi connectivity index (χ3v) is 6.44. The Kier molecular flexibility index (Phi) is 4.47. The number of rotatable bonds is 4. The largest absolute Gasteiger partial charge is 0.322 e. The molecular weight excluding hydrogens is 352 g/mol. The number of H-pyrrole nitrogens is 1. The van der Waals surface area contributed by atoms with Crippen LogP contribution in [0.3, 0.4) is 0 Å². The third kappa shape index (κ3) is 3.03. The summed E-state index contributed by atoms with van der Waals surface area (Å²) in [5.74, 6) is 0.848. The Hall–Kier alpha value is -2.54. The van der Waals surface area contributed by atoms with Crippen LogP contribution in [0, 0.1) is 6.92 Å². The Bertz CT molecular complexity index is 1040. The molecule has 0 unspecified atom stereocenters. The van der Waals surface area contributed by atoms with Gasteiger partial charge < -0.3 is 9.88 Å². The Morgan fingerprint density at radius 1 is 1.14 bits per heavy atom. The van der Waals surface area contributed by atoms with E-state index in [0.29, 0.717) is 6.04 Å². The first kappa shape index (κ1) is 17.6. The lowest BCUT2D eigenvalue weighted by Crippen LogP contribution is -3.10. The highest BCUT2D eigenvalue weighted by Crippen LogP contribution is 2.31. The van der Waals surface area contributed by atoms with Crippen LogP contribution in [-0.2, 0) is 0 Å². The fraction of sp³-hybridized carbons (Fsp3) is 0.524. The number of hydrogen-bond donors (Lipinski definition) is 2. The number of tetrazole rings is 1. The molecule has 1 aromatic carbocycles. The maximum absolute atomic E-state index is 13.1. The topological polar surface area (TPSA) is 80.9 Å². The van der Waals surface area contributed by atoms with Gasteiger partial charge in [0.15, 0.2) is 6.04 Å². The number of aromatic nitrogens is 5. The molecule has 28 heavy (non-hydrogen) atoms. The summed E-state index contributed by atoms with van der Waals surface area (Å²) < 4.78 is 2.02. The van der Waals surface area contributed by atoms with E-state index in [2.05, 4.69) is 39.6 Å². The summed E-state index contributed by atoms with van der Waals surface area (Å²) in [5.41, 5.74) is 2.82. The second-order valence-corrected chi connectivity index (χ2v) is 8.36. The molecule has 0 amide bonds. The quantitative estimate of drug-likeness (QED) is 0.723. The first-order chi connectivity index (χ1) is 13.7. The second kappa shape index (κ2) is 7.13. The van der Waals surface area contributed by atoms with E-state index in [1.54, 1.807) is 0 Å². The number of pyridine rings is 1. The Balaban J connectivity index is 1.66. The third-order valence-electron chi connectivity index (χ3n) is 6.44. The van der Waals surface area contributed by atoms with E-state index in [-0.39, 0.29) is 11.6 Å². The van der Waals surface area contributed by atoms with Crippen molar-refractivity contribution in [1.82, 2.24) is 25.2 Å². The van der Waals surface area contributed by atoms with Crippen molar-refractivity contribution in [3.8, 4) is 0 Å². The van der Waals surface area contributed by atoms with Crippen molar-refractivity contribution in [2.45, 2.75) is 57.5 Å². The van der Waals surface area contributed by atoms with Crippen molar-refractivity contribution < 1.29 is 4.90 Å². The molecule has 7 heteroatoms. The van der Waals surface area contributed by atoms with Crippen LogP contribution in [0.1, 0.15) is 67.6 Å². The van der Waals surface area contributed by atoms with Gasteiger partial charge in [-0.05, 0) is 53.8 Å². The lowest BCUT2D eigenvalue weighted by atomic mass is 10.0. The minimum absolute atomic E-state index is 0.0262. The number of nitrogens with one attached hydrogen (secondary N) is 2. The molecule has 0 radical (unpaired) electrons. The van der Waals surface area contributed by atoms with Crippen molar-refractivity contribution in [2.24, 2.45) is 0 Å². The Labute approximate surface area is 163 Å². The maximum atomic E-state index is 13.1. The molecule has 5 rings (SSSR count). The zero-order valence-electron chi connectivity index (χ0n) is 16.3. The molecule has 1 aliphatic heterocycles. The molecule has 1 atom stereocenters. The molecule has 2 fully saturated rings. The molecule has 2 aliphatic rings. The summed E-state index contributed by atoms with van der Waals surface area (Å²) in [6.07, 6.45) is 7.05. The second-order valence-electron chi connectivity index (χ2n) is 8.36. The molecule has 146 valence electrons. The Morgan fingerprint density at radius 2 is 1.93 bits per heavy atom. The first-order valence-electron chi connectivity index (χ1n) is 10.5. The molecule has 1 saturated heterocycles. The van der Waals surface area contributed by atoms with Gasteiger partial charge in [0.1, 0.15) is 0 Å². The molecule has 0 bridgehead atoms. The van der Waals surface area contributed by atoms with Crippen LogP contribution in [0.2, 0.25) is 0 Å². The fourth-order valence-electron chi connectivity index (χ4n) is 5.02. The van der Waals surface area contributed by atoms with Gasteiger partial charge in [0, 0.05) is 18.4 Å². The van der Waals surface area contributed by atoms with Gasteiger partial charge in [-0.25, -0.2) is 4.68 Å². The standard InChI is InChI=1S/C21H26N6O/c1-14-8-9-18-15(12-14)13-17(21(28)22-18)19(26-10-4-5-11-26)20-23-24-25-27(20)16-6-2-3-7-16/h8-9,12-13,16,19H,2-7,10-11H2,1H3,(H,22,28)/p+1/t19-/m0/s1. The van der Waals surface area contributed by atoms with Crippen LogP contribution in [0.4, 0.5) is 0 Å². The summed E-state index contributed by atoms with van der Waals surface area (Å²) in [6, 6.07) is 8.44. The van der Waals surface area contributed by atoms with Gasteiger partial charge in [-0.1, -0.05) is 24.5 Å². The average Bonchev–Trinajstić information content (AvgIpc) is 3.45. The van der Waals surface area contributed by atoms with Gasteiger partial charge >= 0.3 is 0 Å². The van der Waals surface area contributed by atoms with Crippen molar-refractivity contribution in [1.29, 1.82) is 0 Å². The predicted octanol–water partition coefficient (Wildman–Crippen LogP) is 1.71. The fourth-order valence-corrected chi connectivity index (χ4v) is 5.02. The zero-order valence-corrected chi connectivity index (χ0v) is 16.3. The molecule has 1 aliphatic carbocycles. The molecule has 0 spiro atoms. The van der Waals surface area contributed by atoms with E-state index in [9.17, 15) is 4.79 Å². The molecule has 7 nitrogen and oxygen atoms in total. The number of fused-ring (bicyclic) bond motifs is 1. The van der Waals surface area contributed by atoms with Crippen LogP contribution in [0.15, 0.2) is 29.1 Å². The molecular formula is C21H27N6O+. The summed E-state index contributed by atoms with van der Waals surface area (Å²) in [6.45, 7) is 4.18. The minimum Gasteiger partial charge on any atom is -0.322 e. The van der Waals surface area contributed by atoms with Crippen molar-refractivity contribution in [2.75, 3.05) is 13.1 Å². The van der Waals surface area contributed by atoms with E-state index < -0.39 is 0 Å². The van der Waals surface area contributed by atoms with Gasteiger partial charge in [0.05, 0.1) is 24.7 Å². The number of benzene rings is 1. The van der Waals surface area contributed by atoms with E-state index in [1.165, 1.54) is 36.1 Å². The number of aromatic amines is 1. The summed E-state index contributed by atoms with van der Waals surface area (Å²) in [7, 11) is 0. The van der Waals surface area contributed by atoms with Gasteiger partial charge in [-0.3, -0.25) is 4.79 Å². The SMILES string of the molecule is Cc1ccc2[nH]c(=O)c([C@@H](c3nnnn3C3CCCC3)[NH+]3CCCC3)cc2c1. The number of aryl methyl sites for hydroxylation is 1. The number of quaternary nitrogens is 1. The monoisotopic (exact) mass is 379 g/mol. The lowest BCUT2D eigenvalue weighted by Gasteiger charge is -2.25. The van der Waals surface area contributed by atoms with E-state index in [1.807, 2.05) is 16.8 Å². The smallest absolute Gasteiger partial charge is 0.258 e. The normalized spacial score (nSPS) is 19.6. The lowest BCUT2D eigenvalue weighted by molar-refractivity contribution is -0.914. The van der Waals surface area contributed by atoms with Crippen LogP contribution >= 0.6 is 0 Å². The number of likely N-dealkylation sites (tertiary alicyclic amines) is 1. The highest BCUT2D eigenvalue weighted by molar-refractivity contribution is 5.79. The van der Waals surface area contributed by atoms with Gasteiger partial charge in [-0.2, -0.15) is 0 Å². The molecule has 3 aromatic rings. The van der Waals surface area contributed by atoms with E-state index in [0.717, 1.165) is 48.2 Å². The van der Waals surface area contributed by atoms with Crippen LogP contribution in [-0.4, -0.2) is 38.3 Å². The van der Waals surface area contributed by atoms with Crippen molar-refractivity contribution in [3.63, 3.8) is 0 Å². The van der Waals surface area contributed by atoms with E-state index in [4.69, 9.17) is 0 Å². The van der Waals surface area contributed by atoms with Crippen LogP contribution in [0.5, 0.6) is 0 Å². The van der Waals surface area contributed by atoms with Gasteiger partial charge in [0.2, 0.25) is 5.82 Å². The zero-order chi connectivity index (χ0) is 19.1. The minimum atomic E-state index is -0.119. The van der Waals surface area contributed by atoms with Crippen LogP contribution in [0.25, 0.3) is 10.9 Å².